The van der Waals surface area contributed by atoms with Gasteiger partial charge < -0.3 is 10.6 Å². The number of carbonyl (C=O) groups excluding carboxylic acids is 1. The Morgan fingerprint density at radius 3 is 2.32 bits per heavy atom. The van der Waals surface area contributed by atoms with Gasteiger partial charge in [0.2, 0.25) is 15.7 Å². The first-order chi connectivity index (χ1) is 17.4. The average Bonchev–Trinajstić information content (AvgIpc) is 3.39. The van der Waals surface area contributed by atoms with E-state index in [9.17, 15) is 35.2 Å². The topological polar surface area (TPSA) is 88.2 Å². The van der Waals surface area contributed by atoms with Crippen LogP contribution < -0.4 is 10.6 Å². The fourth-order valence-corrected chi connectivity index (χ4v) is 5.47. The summed E-state index contributed by atoms with van der Waals surface area (Å²) in [5, 5.41) is 2.97. The van der Waals surface area contributed by atoms with Gasteiger partial charge in [-0.15, -0.1) is 0 Å². The average molecular weight is 543 g/mol. The summed E-state index contributed by atoms with van der Waals surface area (Å²) in [6, 6.07) is 5.89. The number of benzene rings is 2. The van der Waals surface area contributed by atoms with Crippen LogP contribution >= 0.6 is 0 Å². The van der Waals surface area contributed by atoms with Crippen molar-refractivity contribution in [3.63, 3.8) is 0 Å². The van der Waals surface area contributed by atoms with Crippen LogP contribution in [0.15, 0.2) is 59.6 Å². The third kappa shape index (κ3) is 5.62. The van der Waals surface area contributed by atoms with Crippen molar-refractivity contribution in [3.05, 3.63) is 83.3 Å². The molecule has 0 bridgehead atoms. The first-order valence-electron chi connectivity index (χ1n) is 10.9. The SMILES string of the molecule is O=C(NC(c1cc(-c2ccc(C(F)(F)F)cn2)cc(F)c1F)S(=O)(=O)c1ccc(F)cc1)C1CCCN1. The number of alkyl halides is 3. The van der Waals surface area contributed by atoms with Crippen LogP contribution in [0.5, 0.6) is 0 Å². The molecule has 2 heterocycles. The Kier molecular flexibility index (Phi) is 7.29. The molecular weight excluding hydrogens is 524 g/mol. The fraction of sp³-hybridized carbons (Fsp3) is 0.250. The summed E-state index contributed by atoms with van der Waals surface area (Å²) in [7, 11) is -4.66. The lowest BCUT2D eigenvalue weighted by atomic mass is 10.0. The molecule has 1 saturated heterocycles. The zero-order valence-electron chi connectivity index (χ0n) is 18.8. The molecule has 2 unspecified atom stereocenters. The van der Waals surface area contributed by atoms with Crippen LogP contribution in [0.25, 0.3) is 11.3 Å². The van der Waals surface area contributed by atoms with E-state index in [1.54, 1.807) is 0 Å². The third-order valence-corrected chi connectivity index (χ3v) is 7.75. The number of pyridine rings is 1. The van der Waals surface area contributed by atoms with Gasteiger partial charge in [-0.25, -0.2) is 21.6 Å². The van der Waals surface area contributed by atoms with Gasteiger partial charge in [-0.3, -0.25) is 9.78 Å². The molecule has 6 nitrogen and oxygen atoms in total. The van der Waals surface area contributed by atoms with Crippen LogP contribution in [0.2, 0.25) is 0 Å². The van der Waals surface area contributed by atoms with Gasteiger partial charge in [0.05, 0.1) is 22.2 Å². The highest BCUT2D eigenvalue weighted by atomic mass is 32.2. The number of carbonyl (C=O) groups is 1. The van der Waals surface area contributed by atoms with Gasteiger partial charge in [-0.1, -0.05) is 0 Å². The van der Waals surface area contributed by atoms with E-state index in [1.165, 1.54) is 0 Å². The number of nitrogens with zero attached hydrogens (tertiary/aromatic N) is 1. The smallest absolute Gasteiger partial charge is 0.334 e. The quantitative estimate of drug-likeness (QED) is 0.353. The molecule has 2 atom stereocenters. The molecule has 2 N–H and O–H groups in total. The largest absolute Gasteiger partial charge is 0.417 e. The lowest BCUT2D eigenvalue weighted by molar-refractivity contribution is -0.137. The lowest BCUT2D eigenvalue weighted by Gasteiger charge is -2.23. The second-order valence-corrected chi connectivity index (χ2v) is 10.4. The molecule has 0 spiro atoms. The summed E-state index contributed by atoms with van der Waals surface area (Å²) < 4.78 is 109. The number of hydrogen-bond donors (Lipinski definition) is 2. The van der Waals surface area contributed by atoms with Crippen LogP contribution in [-0.2, 0) is 20.8 Å². The standard InChI is InChI=1S/C24H19F6N3O3S/c25-15-4-6-16(7-5-15)37(35,36)23(33-22(34)20-2-1-9-31-20)17-10-13(11-18(26)21(17)27)19-8-3-14(12-32-19)24(28,29)30/h3-8,10-12,20,23,31H,1-2,9H2,(H,33,34). The minimum Gasteiger partial charge on any atom is -0.334 e. The predicted molar refractivity (Wildman–Crippen MR) is 120 cm³/mol. The van der Waals surface area contributed by atoms with Crippen molar-refractivity contribution in [2.24, 2.45) is 0 Å². The lowest BCUT2D eigenvalue weighted by Crippen LogP contribution is -2.44. The van der Waals surface area contributed by atoms with Crippen LogP contribution in [0.3, 0.4) is 0 Å². The molecule has 13 heteroatoms. The number of rotatable bonds is 6. The Balaban J connectivity index is 1.82. The predicted octanol–water partition coefficient (Wildman–Crippen LogP) is 4.53. The Bertz CT molecular complexity index is 1410. The van der Waals surface area contributed by atoms with E-state index in [2.05, 4.69) is 15.6 Å². The second-order valence-electron chi connectivity index (χ2n) is 8.33. The van der Waals surface area contributed by atoms with Crippen LogP contribution in [0.4, 0.5) is 26.3 Å². The van der Waals surface area contributed by atoms with E-state index in [-0.39, 0.29) is 11.3 Å². The highest BCUT2D eigenvalue weighted by Gasteiger charge is 2.37. The van der Waals surface area contributed by atoms with Gasteiger partial charge in [0.1, 0.15) is 5.82 Å². The molecule has 3 aromatic rings. The molecule has 1 aliphatic rings. The molecule has 1 aliphatic heterocycles. The molecule has 0 aliphatic carbocycles. The monoisotopic (exact) mass is 543 g/mol. The Hall–Kier alpha value is -3.45. The maximum atomic E-state index is 15.1. The maximum Gasteiger partial charge on any atom is 0.417 e. The van der Waals surface area contributed by atoms with Crippen LogP contribution in [0.1, 0.15) is 29.3 Å². The Morgan fingerprint density at radius 2 is 1.76 bits per heavy atom. The summed E-state index contributed by atoms with van der Waals surface area (Å²) in [5.41, 5.74) is -2.30. The van der Waals surface area contributed by atoms with E-state index >= 15 is 4.39 Å². The van der Waals surface area contributed by atoms with Gasteiger partial charge in [0, 0.05) is 17.3 Å². The molecule has 4 rings (SSSR count). The van der Waals surface area contributed by atoms with E-state index in [4.69, 9.17) is 0 Å². The summed E-state index contributed by atoms with van der Waals surface area (Å²) in [4.78, 5) is 16.0. The van der Waals surface area contributed by atoms with Crippen LogP contribution in [-0.4, -0.2) is 31.9 Å². The molecule has 0 saturated carbocycles. The number of sulfone groups is 1. The normalized spacial score (nSPS) is 17.0. The molecule has 2 aromatic carbocycles. The van der Waals surface area contributed by atoms with Crippen molar-refractivity contribution in [2.75, 3.05) is 6.54 Å². The molecule has 0 radical (unpaired) electrons. The second kappa shape index (κ2) is 10.1. The molecule has 1 fully saturated rings. The number of nitrogens with one attached hydrogen (secondary N) is 2. The van der Waals surface area contributed by atoms with Gasteiger partial charge in [0.15, 0.2) is 17.0 Å². The van der Waals surface area contributed by atoms with E-state index in [0.29, 0.717) is 37.7 Å². The summed E-state index contributed by atoms with van der Waals surface area (Å²) in [6.07, 6.45) is -3.18. The summed E-state index contributed by atoms with van der Waals surface area (Å²) >= 11 is 0. The van der Waals surface area contributed by atoms with Crippen LogP contribution in [0, 0.1) is 17.5 Å². The highest BCUT2D eigenvalue weighted by molar-refractivity contribution is 7.91. The first-order valence-corrected chi connectivity index (χ1v) is 12.5. The fourth-order valence-electron chi connectivity index (χ4n) is 3.90. The van der Waals surface area contributed by atoms with E-state index in [0.717, 1.165) is 36.4 Å². The Morgan fingerprint density at radius 1 is 1.05 bits per heavy atom. The molecule has 1 amide bonds. The maximum absolute atomic E-state index is 15.1. The summed E-state index contributed by atoms with van der Waals surface area (Å²) in [5.74, 6) is -4.64. The van der Waals surface area contributed by atoms with Gasteiger partial charge in [0.25, 0.3) is 0 Å². The zero-order chi connectivity index (χ0) is 27.0. The van der Waals surface area contributed by atoms with E-state index in [1.807, 2.05) is 0 Å². The van der Waals surface area contributed by atoms with Gasteiger partial charge in [-0.2, -0.15) is 13.2 Å². The van der Waals surface area contributed by atoms with Crippen molar-refractivity contribution in [3.8, 4) is 11.3 Å². The summed E-state index contributed by atoms with van der Waals surface area (Å²) in [6.45, 7) is 0.492. The molecule has 196 valence electrons. The van der Waals surface area contributed by atoms with Crippen molar-refractivity contribution in [2.45, 2.75) is 35.3 Å². The zero-order valence-corrected chi connectivity index (χ0v) is 19.6. The number of hydrogen-bond acceptors (Lipinski definition) is 5. The van der Waals surface area contributed by atoms with Crippen molar-refractivity contribution in [1.82, 2.24) is 15.6 Å². The molecular formula is C24H19F6N3O3S. The minimum absolute atomic E-state index is 0.199. The third-order valence-electron chi connectivity index (χ3n) is 5.83. The molecule has 1 aromatic heterocycles. The van der Waals surface area contributed by atoms with Crippen molar-refractivity contribution < 1.29 is 39.6 Å². The Labute approximate surface area is 207 Å². The number of aromatic nitrogens is 1. The number of halogens is 6. The molecule has 37 heavy (non-hydrogen) atoms. The number of amides is 1. The van der Waals surface area contributed by atoms with Crippen molar-refractivity contribution in [1.29, 1.82) is 0 Å². The van der Waals surface area contributed by atoms with Gasteiger partial charge >= 0.3 is 6.18 Å². The first kappa shape index (κ1) is 26.6. The van der Waals surface area contributed by atoms with E-state index < -0.39 is 66.8 Å². The van der Waals surface area contributed by atoms with Crippen molar-refractivity contribution >= 4 is 15.7 Å². The highest BCUT2D eigenvalue weighted by Crippen LogP contribution is 2.34. The van der Waals surface area contributed by atoms with Gasteiger partial charge in [-0.05, 0) is 67.9 Å². The minimum atomic E-state index is -4.68.